The van der Waals surface area contributed by atoms with Gasteiger partial charge in [0.15, 0.2) is 5.60 Å². The van der Waals surface area contributed by atoms with E-state index in [0.717, 1.165) is 60.3 Å². The number of carbonyl (C=O) groups is 3. The minimum absolute atomic E-state index is 0.0886. The topological polar surface area (TPSA) is 122 Å². The molecule has 11 nitrogen and oxygen atoms in total. The van der Waals surface area contributed by atoms with Gasteiger partial charge in [0.1, 0.15) is 5.75 Å². The summed E-state index contributed by atoms with van der Waals surface area (Å²) < 4.78 is 6.25. The van der Waals surface area contributed by atoms with Crippen LogP contribution < -0.4 is 9.64 Å². The summed E-state index contributed by atoms with van der Waals surface area (Å²) in [5.74, 6) is 0.554. The first-order valence-corrected chi connectivity index (χ1v) is 16.3. The zero-order chi connectivity index (χ0) is 32.4. The van der Waals surface area contributed by atoms with Crippen LogP contribution in [0, 0.1) is 12.8 Å². The number of hydrogen-bond donors (Lipinski definition) is 2. The minimum Gasteiger partial charge on any atom is -0.478 e. The van der Waals surface area contributed by atoms with Crippen LogP contribution in [0.3, 0.4) is 0 Å². The number of nitrogens with zero attached hydrogens (tertiary/aromatic N) is 5. The Labute approximate surface area is 270 Å². The van der Waals surface area contributed by atoms with E-state index in [9.17, 15) is 19.5 Å². The van der Waals surface area contributed by atoms with Crippen LogP contribution in [0.25, 0.3) is 11.1 Å². The predicted octanol–water partition coefficient (Wildman–Crippen LogP) is 4.77. The Morgan fingerprint density at radius 3 is 2.37 bits per heavy atom. The number of aryl methyl sites for hydroxylation is 1. The average Bonchev–Trinajstić information content (AvgIpc) is 3.82. The van der Waals surface area contributed by atoms with Gasteiger partial charge in [-0.15, -0.1) is 0 Å². The molecule has 3 aromatic rings. The fraction of sp³-hybridized carbons (Fsp3) is 0.486. The highest BCUT2D eigenvalue weighted by Crippen LogP contribution is 2.34. The molecule has 11 heteroatoms. The molecule has 2 aromatic carbocycles. The average molecular weight is 629 g/mol. The van der Waals surface area contributed by atoms with Gasteiger partial charge in [0.05, 0.1) is 12.1 Å². The Bertz CT molecular complexity index is 1560. The molecule has 3 heterocycles. The van der Waals surface area contributed by atoms with Crippen LogP contribution in [0.4, 0.5) is 10.5 Å². The molecule has 2 N–H and O–H groups in total. The molecule has 244 valence electrons. The lowest BCUT2D eigenvalue weighted by Gasteiger charge is -2.38. The standard InChI is InChI=1S/C35H44N6O5/c1-24-31(21-36-37-24)26-11-9-25(10-12-26)22-41(28-13-14-28)32(42)27-6-5-15-40(23-27)29-7-4-8-30(20-29)46-35(2,3)33(43)38-16-18-39(19-17-38)34(44)45/h4,7-12,20-21,27-28H,5-6,13-19,22-23H2,1-3H3,(H,36,37)(H,44,45)/t27-/m1/s1. The van der Waals surface area contributed by atoms with Crippen molar-refractivity contribution in [1.29, 1.82) is 0 Å². The molecule has 1 saturated carbocycles. The van der Waals surface area contributed by atoms with Crippen LogP contribution in [0.2, 0.25) is 0 Å². The van der Waals surface area contributed by atoms with Crippen molar-refractivity contribution in [3.63, 3.8) is 0 Å². The summed E-state index contributed by atoms with van der Waals surface area (Å²) in [6.45, 7) is 8.88. The van der Waals surface area contributed by atoms with E-state index in [-0.39, 0.29) is 30.8 Å². The maximum Gasteiger partial charge on any atom is 0.407 e. The van der Waals surface area contributed by atoms with Crippen molar-refractivity contribution in [1.82, 2.24) is 24.9 Å². The number of piperazine rings is 1. The Morgan fingerprint density at radius 2 is 1.72 bits per heavy atom. The van der Waals surface area contributed by atoms with E-state index in [1.54, 1.807) is 18.7 Å². The Balaban J connectivity index is 1.08. The zero-order valence-electron chi connectivity index (χ0n) is 26.9. The fourth-order valence-electron chi connectivity index (χ4n) is 6.61. The first-order valence-electron chi connectivity index (χ1n) is 16.3. The maximum absolute atomic E-state index is 14.0. The first kappa shape index (κ1) is 31.4. The number of ether oxygens (including phenoxy) is 1. The third kappa shape index (κ3) is 6.98. The van der Waals surface area contributed by atoms with Crippen LogP contribution in [0.15, 0.2) is 54.7 Å². The lowest BCUT2D eigenvalue weighted by molar-refractivity contribution is -0.147. The monoisotopic (exact) mass is 628 g/mol. The van der Waals surface area contributed by atoms with E-state index in [2.05, 4.69) is 44.3 Å². The molecule has 3 fully saturated rings. The molecule has 6 rings (SSSR count). The van der Waals surface area contributed by atoms with Crippen LogP contribution in [0.5, 0.6) is 5.75 Å². The first-order chi connectivity index (χ1) is 22.1. The second-order valence-corrected chi connectivity index (χ2v) is 13.3. The third-order valence-corrected chi connectivity index (χ3v) is 9.40. The molecule has 1 aromatic heterocycles. The summed E-state index contributed by atoms with van der Waals surface area (Å²) in [6, 6.07) is 16.5. The van der Waals surface area contributed by atoms with E-state index >= 15 is 0 Å². The van der Waals surface area contributed by atoms with Crippen LogP contribution in [-0.4, -0.2) is 98.8 Å². The van der Waals surface area contributed by atoms with Crippen molar-refractivity contribution in [3.8, 4) is 16.9 Å². The van der Waals surface area contributed by atoms with Crippen molar-refractivity contribution in [2.45, 2.75) is 64.6 Å². The Kier molecular flexibility index (Phi) is 8.93. The lowest BCUT2D eigenvalue weighted by Crippen LogP contribution is -2.56. The number of benzene rings is 2. The largest absolute Gasteiger partial charge is 0.478 e. The van der Waals surface area contributed by atoms with Crippen molar-refractivity contribution in [3.05, 3.63) is 66.0 Å². The van der Waals surface area contributed by atoms with Crippen molar-refractivity contribution in [2.75, 3.05) is 44.2 Å². The Morgan fingerprint density at radius 1 is 1.00 bits per heavy atom. The van der Waals surface area contributed by atoms with Gasteiger partial charge in [-0.25, -0.2) is 4.79 Å². The summed E-state index contributed by atoms with van der Waals surface area (Å²) in [5.41, 5.74) is 4.21. The van der Waals surface area contributed by atoms with Gasteiger partial charge in [-0.3, -0.25) is 14.7 Å². The minimum atomic E-state index is -1.12. The van der Waals surface area contributed by atoms with Gasteiger partial charge in [-0.2, -0.15) is 5.10 Å². The number of carboxylic acid groups (broad SMARTS) is 1. The number of carbonyl (C=O) groups excluding carboxylic acids is 2. The highest BCUT2D eigenvalue weighted by Gasteiger charge is 2.38. The van der Waals surface area contributed by atoms with Crippen molar-refractivity contribution < 1.29 is 24.2 Å². The number of hydrogen-bond acceptors (Lipinski definition) is 6. The van der Waals surface area contributed by atoms with E-state index in [1.165, 1.54) is 4.90 Å². The molecular formula is C35H44N6O5. The number of nitrogens with one attached hydrogen (secondary N) is 1. The third-order valence-electron chi connectivity index (χ3n) is 9.40. The summed E-state index contributed by atoms with van der Waals surface area (Å²) in [6.07, 6.45) is 4.77. The van der Waals surface area contributed by atoms with Gasteiger partial charge in [0.25, 0.3) is 5.91 Å². The summed E-state index contributed by atoms with van der Waals surface area (Å²) in [5, 5.41) is 16.4. The van der Waals surface area contributed by atoms with Crippen molar-refractivity contribution in [2.24, 2.45) is 5.92 Å². The molecule has 0 spiro atoms. The number of aromatic nitrogens is 2. The summed E-state index contributed by atoms with van der Waals surface area (Å²) >= 11 is 0. The molecule has 3 aliphatic rings. The van der Waals surface area contributed by atoms with Crippen molar-refractivity contribution >= 4 is 23.6 Å². The molecule has 1 aliphatic carbocycles. The Hall–Kier alpha value is -4.54. The highest BCUT2D eigenvalue weighted by atomic mass is 16.5. The molecule has 0 unspecified atom stereocenters. The number of amides is 3. The molecule has 46 heavy (non-hydrogen) atoms. The van der Waals surface area contributed by atoms with E-state index < -0.39 is 11.7 Å². The van der Waals surface area contributed by atoms with E-state index in [0.29, 0.717) is 38.0 Å². The molecule has 0 bridgehead atoms. The lowest BCUT2D eigenvalue weighted by atomic mass is 9.95. The second kappa shape index (κ2) is 13.1. The normalized spacial score (nSPS) is 18.8. The maximum atomic E-state index is 14.0. The number of piperidine rings is 1. The predicted molar refractivity (Wildman–Crippen MR) is 175 cm³/mol. The number of rotatable bonds is 9. The molecule has 1 atom stereocenters. The molecule has 2 aliphatic heterocycles. The fourth-order valence-corrected chi connectivity index (χ4v) is 6.61. The molecule has 0 radical (unpaired) electrons. The summed E-state index contributed by atoms with van der Waals surface area (Å²) in [4.78, 5) is 45.9. The zero-order valence-corrected chi connectivity index (χ0v) is 26.9. The molecular weight excluding hydrogens is 584 g/mol. The smallest absolute Gasteiger partial charge is 0.407 e. The quantitative estimate of drug-likeness (QED) is 0.350. The van der Waals surface area contributed by atoms with Gasteiger partial charge in [0, 0.05) is 74.9 Å². The van der Waals surface area contributed by atoms with Gasteiger partial charge in [0.2, 0.25) is 5.91 Å². The van der Waals surface area contributed by atoms with Crippen LogP contribution in [0.1, 0.15) is 50.8 Å². The number of aromatic amines is 1. The SMILES string of the molecule is Cc1[nH]ncc1-c1ccc(CN(C(=O)[C@@H]2CCCN(c3cccc(OC(C)(C)C(=O)N4CCN(C(=O)O)CC4)c3)C2)C2CC2)cc1. The van der Waals surface area contributed by atoms with E-state index in [4.69, 9.17) is 4.74 Å². The molecule has 3 amide bonds. The molecule has 2 saturated heterocycles. The number of anilines is 1. The van der Waals surface area contributed by atoms with E-state index in [1.807, 2.05) is 37.4 Å². The highest BCUT2D eigenvalue weighted by molar-refractivity contribution is 5.85. The second-order valence-electron chi connectivity index (χ2n) is 13.3. The summed E-state index contributed by atoms with van der Waals surface area (Å²) in [7, 11) is 0. The van der Waals surface area contributed by atoms with Gasteiger partial charge < -0.3 is 29.4 Å². The van der Waals surface area contributed by atoms with Gasteiger partial charge in [-0.1, -0.05) is 30.3 Å². The van der Waals surface area contributed by atoms with Gasteiger partial charge in [-0.05, 0) is 69.7 Å². The van der Waals surface area contributed by atoms with Gasteiger partial charge >= 0.3 is 6.09 Å². The number of H-pyrrole nitrogens is 1. The van der Waals surface area contributed by atoms with Crippen LogP contribution >= 0.6 is 0 Å². The van der Waals surface area contributed by atoms with Crippen LogP contribution in [-0.2, 0) is 16.1 Å².